The zero-order valence-corrected chi connectivity index (χ0v) is 13.1. The minimum Gasteiger partial charge on any atom is -0.293 e. The second-order valence-electron chi connectivity index (χ2n) is 5.14. The Morgan fingerprint density at radius 3 is 1.96 bits per heavy atom. The van der Waals surface area contributed by atoms with E-state index in [1.165, 1.54) is 0 Å². The van der Waals surface area contributed by atoms with Gasteiger partial charge in [0.2, 0.25) is 0 Å². The fourth-order valence-corrected chi connectivity index (χ4v) is 2.85. The van der Waals surface area contributed by atoms with E-state index in [1.54, 1.807) is 30.3 Å². The molecule has 3 aromatic rings. The molecule has 2 aromatic carbocycles. The van der Waals surface area contributed by atoms with Crippen LogP contribution in [0, 0.1) is 0 Å². The van der Waals surface area contributed by atoms with Gasteiger partial charge < -0.3 is 0 Å². The molecule has 114 valence electrons. The molecule has 0 N–H and O–H groups in total. The Morgan fingerprint density at radius 1 is 0.739 bits per heavy atom. The summed E-state index contributed by atoms with van der Waals surface area (Å²) in [4.78, 5) is 29.5. The highest BCUT2D eigenvalue weighted by Gasteiger charge is 2.40. The number of hydrogen-bond donors (Lipinski definition) is 0. The first-order chi connectivity index (χ1) is 11.3. The second-order valence-corrected chi connectivity index (χ2v) is 5.14. The maximum absolute atomic E-state index is 12.5. The molecule has 0 saturated carbocycles. The molecule has 23 heavy (non-hydrogen) atoms. The Morgan fingerprint density at radius 2 is 1.30 bits per heavy atom. The number of carbonyl (C=O) groups excluding carboxylic acids is 2. The molecule has 0 radical (unpaired) electrons. The average molecular weight is 303 g/mol. The van der Waals surface area contributed by atoms with Gasteiger partial charge in [-0.15, -0.1) is 0 Å². The van der Waals surface area contributed by atoms with Crippen LogP contribution in [-0.2, 0) is 0 Å². The van der Waals surface area contributed by atoms with E-state index in [1.807, 2.05) is 44.2 Å². The van der Waals surface area contributed by atoms with Gasteiger partial charge in [0.05, 0.1) is 11.2 Å². The SMILES string of the molecule is CC.O=C1c2ccccc2C(=O)C1c1ccc2ccccc2n1. The van der Waals surface area contributed by atoms with Crippen LogP contribution in [0.4, 0.5) is 0 Å². The number of hydrogen-bond acceptors (Lipinski definition) is 3. The minimum absolute atomic E-state index is 0.154. The summed E-state index contributed by atoms with van der Waals surface area (Å²) in [6.45, 7) is 4.00. The Hall–Kier alpha value is -2.81. The molecule has 0 bridgehead atoms. The van der Waals surface area contributed by atoms with Gasteiger partial charge in [-0.3, -0.25) is 14.6 Å². The average Bonchev–Trinajstić information content (AvgIpc) is 2.88. The summed E-state index contributed by atoms with van der Waals surface area (Å²) in [6, 6.07) is 18.3. The predicted molar refractivity (Wildman–Crippen MR) is 90.9 cm³/mol. The molecule has 3 nitrogen and oxygen atoms in total. The van der Waals surface area contributed by atoms with Crippen LogP contribution in [0.2, 0.25) is 0 Å². The number of aromatic nitrogens is 1. The summed E-state index contributed by atoms with van der Waals surface area (Å²) in [7, 11) is 0. The van der Waals surface area contributed by atoms with Gasteiger partial charge in [-0.2, -0.15) is 0 Å². The summed E-state index contributed by atoms with van der Waals surface area (Å²) < 4.78 is 0. The summed E-state index contributed by atoms with van der Waals surface area (Å²) in [5, 5.41) is 0.997. The number of fused-ring (bicyclic) bond motifs is 2. The highest BCUT2D eigenvalue weighted by Crippen LogP contribution is 2.33. The first-order valence-corrected chi connectivity index (χ1v) is 7.79. The summed E-state index contributed by atoms with van der Waals surface area (Å²) >= 11 is 0. The van der Waals surface area contributed by atoms with E-state index >= 15 is 0 Å². The van der Waals surface area contributed by atoms with Gasteiger partial charge in [-0.1, -0.05) is 62.4 Å². The molecule has 1 heterocycles. The van der Waals surface area contributed by atoms with Crippen LogP contribution in [0.25, 0.3) is 10.9 Å². The van der Waals surface area contributed by atoms with Crippen molar-refractivity contribution < 1.29 is 9.59 Å². The Labute approximate surface area is 135 Å². The van der Waals surface area contributed by atoms with Crippen molar-refractivity contribution in [2.75, 3.05) is 0 Å². The van der Waals surface area contributed by atoms with Crippen LogP contribution in [0.15, 0.2) is 60.7 Å². The molecular weight excluding hydrogens is 286 g/mol. The molecular formula is C20H17NO2. The molecule has 1 aromatic heterocycles. The van der Waals surface area contributed by atoms with E-state index in [0.717, 1.165) is 10.9 Å². The number of pyridine rings is 1. The normalized spacial score (nSPS) is 13.7. The van der Waals surface area contributed by atoms with E-state index in [-0.39, 0.29) is 11.6 Å². The Balaban J connectivity index is 0.000000753. The molecule has 0 spiro atoms. The van der Waals surface area contributed by atoms with Crippen LogP contribution in [0.1, 0.15) is 46.2 Å². The number of Topliss-reactive ketones (excluding diaryl/α,β-unsaturated/α-hetero) is 2. The second kappa shape index (κ2) is 6.13. The lowest BCUT2D eigenvalue weighted by atomic mass is 9.98. The molecule has 0 saturated heterocycles. The van der Waals surface area contributed by atoms with Crippen molar-refractivity contribution >= 4 is 22.5 Å². The number of nitrogens with zero attached hydrogens (tertiary/aromatic N) is 1. The van der Waals surface area contributed by atoms with Crippen LogP contribution in [0.5, 0.6) is 0 Å². The number of ketones is 2. The summed E-state index contributed by atoms with van der Waals surface area (Å²) in [5.74, 6) is -1.11. The Bertz CT molecular complexity index is 864. The standard InChI is InChI=1S/C18H11NO2.C2H6/c20-17-12-6-2-3-7-13(12)18(21)16(17)15-10-9-11-5-1-4-8-14(11)19-15;1-2/h1-10,16H;1-2H3. The molecule has 0 atom stereocenters. The van der Waals surface area contributed by atoms with Gasteiger partial charge in [-0.25, -0.2) is 0 Å². The molecule has 1 aliphatic carbocycles. The van der Waals surface area contributed by atoms with Crippen molar-refractivity contribution in [1.82, 2.24) is 4.98 Å². The van der Waals surface area contributed by atoms with Crippen LogP contribution in [-0.4, -0.2) is 16.6 Å². The summed E-state index contributed by atoms with van der Waals surface area (Å²) in [5.41, 5.74) is 2.33. The maximum Gasteiger partial charge on any atom is 0.180 e. The fourth-order valence-electron chi connectivity index (χ4n) is 2.85. The predicted octanol–water partition coefficient (Wildman–Crippen LogP) is 4.42. The molecule has 3 heteroatoms. The molecule has 1 aliphatic rings. The zero-order valence-electron chi connectivity index (χ0n) is 13.1. The van der Waals surface area contributed by atoms with Gasteiger partial charge in [0.1, 0.15) is 5.92 Å². The monoisotopic (exact) mass is 303 g/mol. The van der Waals surface area contributed by atoms with Crippen LogP contribution < -0.4 is 0 Å². The zero-order chi connectivity index (χ0) is 16.4. The van der Waals surface area contributed by atoms with Gasteiger partial charge in [0.25, 0.3) is 0 Å². The lowest BCUT2D eigenvalue weighted by Crippen LogP contribution is -2.14. The van der Waals surface area contributed by atoms with Gasteiger partial charge >= 0.3 is 0 Å². The number of carbonyl (C=O) groups is 2. The third kappa shape index (κ3) is 2.44. The van der Waals surface area contributed by atoms with E-state index in [4.69, 9.17) is 0 Å². The van der Waals surface area contributed by atoms with Gasteiger partial charge in [0, 0.05) is 16.5 Å². The number of rotatable bonds is 1. The van der Waals surface area contributed by atoms with Crippen molar-refractivity contribution in [3.05, 3.63) is 77.5 Å². The first kappa shape index (κ1) is 15.1. The van der Waals surface area contributed by atoms with Gasteiger partial charge in [0.15, 0.2) is 11.6 Å². The number of benzene rings is 2. The van der Waals surface area contributed by atoms with E-state index in [9.17, 15) is 9.59 Å². The van der Waals surface area contributed by atoms with Crippen molar-refractivity contribution in [2.24, 2.45) is 0 Å². The lowest BCUT2D eigenvalue weighted by molar-refractivity contribution is 0.0888. The molecule has 4 rings (SSSR count). The fraction of sp³-hybridized carbons (Fsp3) is 0.150. The van der Waals surface area contributed by atoms with Gasteiger partial charge in [-0.05, 0) is 12.1 Å². The summed E-state index contributed by atoms with van der Waals surface area (Å²) in [6.07, 6.45) is 0. The van der Waals surface area contributed by atoms with Crippen LogP contribution >= 0.6 is 0 Å². The van der Waals surface area contributed by atoms with Crippen molar-refractivity contribution in [2.45, 2.75) is 19.8 Å². The highest BCUT2D eigenvalue weighted by atomic mass is 16.2. The van der Waals surface area contributed by atoms with Crippen molar-refractivity contribution in [3.63, 3.8) is 0 Å². The molecule has 0 amide bonds. The smallest absolute Gasteiger partial charge is 0.180 e. The van der Waals surface area contributed by atoms with Crippen LogP contribution in [0.3, 0.4) is 0 Å². The highest BCUT2D eigenvalue weighted by molar-refractivity contribution is 6.29. The third-order valence-corrected chi connectivity index (χ3v) is 3.90. The molecule has 0 aliphatic heterocycles. The van der Waals surface area contributed by atoms with E-state index in [0.29, 0.717) is 16.8 Å². The maximum atomic E-state index is 12.5. The topological polar surface area (TPSA) is 47.0 Å². The Kier molecular flexibility index (Phi) is 4.02. The first-order valence-electron chi connectivity index (χ1n) is 7.79. The third-order valence-electron chi connectivity index (χ3n) is 3.90. The van der Waals surface area contributed by atoms with Crippen molar-refractivity contribution in [1.29, 1.82) is 0 Å². The number of para-hydroxylation sites is 1. The van der Waals surface area contributed by atoms with E-state index < -0.39 is 5.92 Å². The quantitative estimate of drug-likeness (QED) is 0.625. The lowest BCUT2D eigenvalue weighted by Gasteiger charge is -2.07. The minimum atomic E-state index is -0.799. The van der Waals surface area contributed by atoms with Crippen molar-refractivity contribution in [3.8, 4) is 0 Å². The molecule has 0 fully saturated rings. The van der Waals surface area contributed by atoms with E-state index in [2.05, 4.69) is 4.98 Å². The largest absolute Gasteiger partial charge is 0.293 e. The molecule has 0 unspecified atom stereocenters.